The van der Waals surface area contributed by atoms with Gasteiger partial charge in [0.1, 0.15) is 0 Å². The van der Waals surface area contributed by atoms with Crippen molar-refractivity contribution in [2.75, 3.05) is 6.79 Å². The van der Waals surface area contributed by atoms with Crippen LogP contribution in [0, 0.1) is 17.0 Å². The number of nitrogens with zero attached hydrogens (tertiary/aromatic N) is 2. The number of nitro benzene ring substituents is 1. The Bertz CT molecular complexity index is 921. The minimum atomic E-state index is -0.426. The number of nitro groups is 1. The van der Waals surface area contributed by atoms with Crippen molar-refractivity contribution < 1.29 is 19.2 Å². The van der Waals surface area contributed by atoms with E-state index in [1.54, 1.807) is 19.1 Å². The minimum Gasteiger partial charge on any atom is -0.454 e. The second-order valence-corrected chi connectivity index (χ2v) is 7.32. The molecule has 2 aliphatic rings. The zero-order valence-electron chi connectivity index (χ0n) is 15.7. The molecule has 1 fully saturated rings. The summed E-state index contributed by atoms with van der Waals surface area (Å²) in [5, 5.41) is 11.1. The molecule has 0 atom stereocenters. The monoisotopic (exact) mass is 382 g/mol. The van der Waals surface area contributed by atoms with E-state index in [0.29, 0.717) is 29.2 Å². The fraction of sp³-hybridized carbons (Fsp3) is 0.381. The standard InChI is InChI=1S/C21H22N2O5/c1-14-10-16(7-8-18(14)23(25)26)21(24)22(17-4-2-3-5-17)12-15-6-9-19-20(11-15)28-13-27-19/h6-11,17H,2-5,12-13H2,1H3. The summed E-state index contributed by atoms with van der Waals surface area (Å²) in [7, 11) is 0. The molecule has 2 aromatic carbocycles. The van der Waals surface area contributed by atoms with Crippen LogP contribution in [0.4, 0.5) is 5.69 Å². The van der Waals surface area contributed by atoms with Crippen molar-refractivity contribution in [3.8, 4) is 11.5 Å². The number of fused-ring (bicyclic) bond motifs is 1. The van der Waals surface area contributed by atoms with E-state index in [4.69, 9.17) is 9.47 Å². The second-order valence-electron chi connectivity index (χ2n) is 7.32. The van der Waals surface area contributed by atoms with Crippen LogP contribution in [-0.4, -0.2) is 28.6 Å². The molecule has 0 spiro atoms. The van der Waals surface area contributed by atoms with Gasteiger partial charge in [0.2, 0.25) is 6.79 Å². The zero-order chi connectivity index (χ0) is 19.7. The Balaban J connectivity index is 1.61. The van der Waals surface area contributed by atoms with Gasteiger partial charge in [0, 0.05) is 29.8 Å². The number of rotatable bonds is 5. The quantitative estimate of drug-likeness (QED) is 0.571. The second kappa shape index (κ2) is 7.50. The molecule has 1 aliphatic carbocycles. The van der Waals surface area contributed by atoms with Gasteiger partial charge < -0.3 is 14.4 Å². The van der Waals surface area contributed by atoms with Gasteiger partial charge in [-0.2, -0.15) is 0 Å². The largest absolute Gasteiger partial charge is 0.454 e. The highest BCUT2D eigenvalue weighted by molar-refractivity contribution is 5.95. The molecular formula is C21H22N2O5. The van der Waals surface area contributed by atoms with Crippen molar-refractivity contribution in [3.63, 3.8) is 0 Å². The molecule has 0 N–H and O–H groups in total. The summed E-state index contributed by atoms with van der Waals surface area (Å²) in [5.41, 5.74) is 1.98. The van der Waals surface area contributed by atoms with Gasteiger partial charge in [-0.1, -0.05) is 18.9 Å². The van der Waals surface area contributed by atoms with Gasteiger partial charge >= 0.3 is 0 Å². The van der Waals surface area contributed by atoms with Crippen molar-refractivity contribution >= 4 is 11.6 Å². The van der Waals surface area contributed by atoms with Crippen LogP contribution in [0.15, 0.2) is 36.4 Å². The van der Waals surface area contributed by atoms with E-state index in [1.165, 1.54) is 6.07 Å². The van der Waals surface area contributed by atoms with Crippen LogP contribution in [-0.2, 0) is 6.54 Å². The zero-order valence-corrected chi connectivity index (χ0v) is 15.7. The predicted molar refractivity (Wildman–Crippen MR) is 103 cm³/mol. The maximum Gasteiger partial charge on any atom is 0.272 e. The van der Waals surface area contributed by atoms with Crippen molar-refractivity contribution in [3.05, 3.63) is 63.2 Å². The van der Waals surface area contributed by atoms with E-state index in [9.17, 15) is 14.9 Å². The Morgan fingerprint density at radius 3 is 2.61 bits per heavy atom. The maximum atomic E-state index is 13.3. The number of hydrogen-bond acceptors (Lipinski definition) is 5. The average molecular weight is 382 g/mol. The number of amides is 1. The molecule has 28 heavy (non-hydrogen) atoms. The predicted octanol–water partition coefficient (Wildman–Crippen LogP) is 4.22. The van der Waals surface area contributed by atoms with Gasteiger partial charge in [-0.25, -0.2) is 0 Å². The van der Waals surface area contributed by atoms with E-state index in [2.05, 4.69) is 0 Å². The van der Waals surface area contributed by atoms with Crippen molar-refractivity contribution in [1.29, 1.82) is 0 Å². The Kier molecular flexibility index (Phi) is 4.90. The third-order valence-electron chi connectivity index (χ3n) is 5.46. The summed E-state index contributed by atoms with van der Waals surface area (Å²) in [6, 6.07) is 10.5. The van der Waals surface area contributed by atoms with Crippen LogP contribution in [0.1, 0.15) is 47.2 Å². The van der Waals surface area contributed by atoms with Crippen LogP contribution in [0.2, 0.25) is 0 Å². The number of aryl methyl sites for hydroxylation is 1. The first-order chi connectivity index (χ1) is 13.5. The first kappa shape index (κ1) is 18.3. The van der Waals surface area contributed by atoms with E-state index >= 15 is 0 Å². The van der Waals surface area contributed by atoms with Crippen LogP contribution >= 0.6 is 0 Å². The Morgan fingerprint density at radius 2 is 1.89 bits per heavy atom. The molecule has 0 unspecified atom stereocenters. The van der Waals surface area contributed by atoms with E-state index in [0.717, 1.165) is 31.2 Å². The van der Waals surface area contributed by atoms with E-state index < -0.39 is 4.92 Å². The average Bonchev–Trinajstić information content (AvgIpc) is 3.36. The number of carbonyl (C=O) groups excluding carboxylic acids is 1. The smallest absolute Gasteiger partial charge is 0.272 e. The number of benzene rings is 2. The molecule has 0 bridgehead atoms. The molecule has 4 rings (SSSR count). The molecular weight excluding hydrogens is 360 g/mol. The van der Waals surface area contributed by atoms with Crippen LogP contribution in [0.25, 0.3) is 0 Å². The van der Waals surface area contributed by atoms with Crippen molar-refractivity contribution in [1.82, 2.24) is 4.90 Å². The molecule has 7 nitrogen and oxygen atoms in total. The third kappa shape index (κ3) is 3.52. The van der Waals surface area contributed by atoms with Gasteiger partial charge in [-0.3, -0.25) is 14.9 Å². The lowest BCUT2D eigenvalue weighted by Gasteiger charge is -2.29. The maximum absolute atomic E-state index is 13.3. The van der Waals surface area contributed by atoms with Crippen molar-refractivity contribution in [2.45, 2.75) is 45.2 Å². The minimum absolute atomic E-state index is 0.0275. The molecule has 7 heteroatoms. The first-order valence-corrected chi connectivity index (χ1v) is 9.47. The summed E-state index contributed by atoms with van der Waals surface area (Å²) in [6.07, 6.45) is 4.16. The fourth-order valence-electron chi connectivity index (χ4n) is 3.98. The number of ether oxygens (including phenoxy) is 2. The molecule has 0 radical (unpaired) electrons. The van der Waals surface area contributed by atoms with Gasteiger partial charge in [0.05, 0.1) is 4.92 Å². The fourth-order valence-corrected chi connectivity index (χ4v) is 3.98. The molecule has 0 aromatic heterocycles. The van der Waals surface area contributed by atoms with Gasteiger partial charge in [0.25, 0.3) is 11.6 Å². The molecule has 1 heterocycles. The number of hydrogen-bond donors (Lipinski definition) is 0. The van der Waals surface area contributed by atoms with Gasteiger partial charge in [-0.15, -0.1) is 0 Å². The Morgan fingerprint density at radius 1 is 1.14 bits per heavy atom. The van der Waals surface area contributed by atoms with Crippen molar-refractivity contribution in [2.24, 2.45) is 0 Å². The van der Waals surface area contributed by atoms with Crippen LogP contribution < -0.4 is 9.47 Å². The topological polar surface area (TPSA) is 81.9 Å². The summed E-state index contributed by atoms with van der Waals surface area (Å²) in [6.45, 7) is 2.34. The Labute approximate surface area is 163 Å². The molecule has 1 aliphatic heterocycles. The SMILES string of the molecule is Cc1cc(C(=O)N(Cc2ccc3c(c2)OCO3)C2CCCC2)ccc1[N+](=O)[O-]. The molecule has 0 saturated heterocycles. The van der Waals surface area contributed by atoms with Gasteiger partial charge in [-0.05, 0) is 49.6 Å². The lowest BCUT2D eigenvalue weighted by atomic mass is 10.1. The number of carbonyl (C=O) groups is 1. The lowest BCUT2D eigenvalue weighted by Crippen LogP contribution is -2.38. The Hall–Kier alpha value is -3.09. The van der Waals surface area contributed by atoms with Crippen LogP contribution in [0.3, 0.4) is 0 Å². The van der Waals surface area contributed by atoms with E-state index in [-0.39, 0.29) is 24.4 Å². The summed E-state index contributed by atoms with van der Waals surface area (Å²) < 4.78 is 10.8. The molecule has 146 valence electrons. The molecule has 2 aromatic rings. The highest BCUT2D eigenvalue weighted by atomic mass is 16.7. The summed E-state index contributed by atoms with van der Waals surface area (Å²) >= 11 is 0. The molecule has 1 saturated carbocycles. The molecule has 1 amide bonds. The highest BCUT2D eigenvalue weighted by Crippen LogP contribution is 2.34. The summed E-state index contributed by atoms with van der Waals surface area (Å²) in [4.78, 5) is 25.8. The van der Waals surface area contributed by atoms with Crippen LogP contribution in [0.5, 0.6) is 11.5 Å². The summed E-state index contributed by atoms with van der Waals surface area (Å²) in [5.74, 6) is 1.32. The van der Waals surface area contributed by atoms with E-state index in [1.807, 2.05) is 23.1 Å². The third-order valence-corrected chi connectivity index (χ3v) is 5.46. The highest BCUT2D eigenvalue weighted by Gasteiger charge is 2.29. The normalized spacial score (nSPS) is 15.6. The lowest BCUT2D eigenvalue weighted by molar-refractivity contribution is -0.385. The first-order valence-electron chi connectivity index (χ1n) is 9.47. The van der Waals surface area contributed by atoms with Gasteiger partial charge in [0.15, 0.2) is 11.5 Å².